The molecule has 1 spiro atoms. The number of carbonyl (C=O) groups excluding carboxylic acids is 3. The summed E-state index contributed by atoms with van der Waals surface area (Å²) in [6.07, 6.45) is 16.7. The number of pyridine rings is 1. The quantitative estimate of drug-likeness (QED) is 0.107. The SMILES string of the molecule is C#Cc1c(F)ccc2cc(O)cc(-c3ncc4c(N5CC6CCC(C5)N6)nc(OCC5(CN6CCC7(CC6)CC(N6CCN(c8cccc9c8C(=O)N(C8CCC(=O)NC8=O)C9=C)CC6)C7)CC5)nc4c3F)c12. The number of nitrogens with one attached hydrogen (secondary N) is 2. The van der Waals surface area contributed by atoms with Crippen LogP contribution in [0.15, 0.2) is 55.2 Å². The van der Waals surface area contributed by atoms with Crippen molar-refractivity contribution in [1.82, 2.24) is 40.3 Å². The molecule has 3 atom stereocenters. The molecule has 5 aromatic rings. The van der Waals surface area contributed by atoms with Crippen LogP contribution in [0.25, 0.3) is 38.6 Å². The number of hydrogen-bond donors (Lipinski definition) is 3. The number of anilines is 2. The van der Waals surface area contributed by atoms with E-state index in [1.165, 1.54) is 42.0 Å². The molecule has 6 aliphatic heterocycles. The molecule has 73 heavy (non-hydrogen) atoms. The Labute approximate surface area is 421 Å². The molecule has 2 aromatic heterocycles. The van der Waals surface area contributed by atoms with Crippen LogP contribution in [0.5, 0.6) is 11.8 Å². The summed E-state index contributed by atoms with van der Waals surface area (Å²) in [6.45, 7) is 12.5. The van der Waals surface area contributed by atoms with Crippen LogP contribution in [0.3, 0.4) is 0 Å². The number of benzene rings is 3. The zero-order valence-electron chi connectivity index (χ0n) is 40.8. The van der Waals surface area contributed by atoms with Gasteiger partial charge in [-0.25, -0.2) is 8.78 Å². The number of halogens is 2. The molecule has 17 heteroatoms. The van der Waals surface area contributed by atoms with Crippen LogP contribution >= 0.6 is 0 Å². The highest BCUT2D eigenvalue weighted by Gasteiger charge is 2.51. The molecule has 3 amide bonds. The predicted molar refractivity (Wildman–Crippen MR) is 272 cm³/mol. The van der Waals surface area contributed by atoms with Crippen molar-refractivity contribution in [3.05, 3.63) is 83.6 Å². The maximum absolute atomic E-state index is 17.2. The number of piperidine rings is 2. The van der Waals surface area contributed by atoms with Gasteiger partial charge in [0.2, 0.25) is 11.8 Å². The molecule has 2 saturated carbocycles. The lowest BCUT2D eigenvalue weighted by molar-refractivity contribution is -0.136. The van der Waals surface area contributed by atoms with Crippen molar-refractivity contribution in [3.8, 4) is 35.4 Å². The maximum Gasteiger partial charge on any atom is 0.319 e. The van der Waals surface area contributed by atoms with Crippen LogP contribution in [0.1, 0.15) is 85.7 Å². The summed E-state index contributed by atoms with van der Waals surface area (Å²) in [4.78, 5) is 64.0. The van der Waals surface area contributed by atoms with Gasteiger partial charge in [0.25, 0.3) is 5.91 Å². The van der Waals surface area contributed by atoms with E-state index in [2.05, 4.69) is 47.7 Å². The Hall–Kier alpha value is -6.74. The molecule has 13 rings (SSSR count). The number of phenolic OH excluding ortho intramolecular Hbond substituents is 1. The third kappa shape index (κ3) is 7.95. The second-order valence-electron chi connectivity index (χ2n) is 22.2. The topological polar surface area (TPSA) is 160 Å². The highest BCUT2D eigenvalue weighted by Crippen LogP contribution is 2.53. The van der Waals surface area contributed by atoms with Crippen LogP contribution in [0.4, 0.5) is 20.3 Å². The number of ether oxygens (including phenoxy) is 1. The Kier molecular flexibility index (Phi) is 11.0. The standard InChI is InChI=1S/C56H58F2N10O5/c1-3-38-42(57)10-7-33-23-37(69)24-40(46(33)38)49-48(58)50-41(27-59-49)51(67-28-34-8-9-35(29-67)60-34)63-54(62-50)73-31-56(13-14-56)30-64-17-15-55(16-18-64)25-36(26-55)65-19-21-66(22-20-65)43-6-4-5-39-32(2)68(53(72)47(39)43)44-11-12-45(70)61-52(44)71/h1,4-7,10,23-24,27,34-36,44,60,69H,2,8-9,11-22,25-26,28-31H2,(H,61,70,71). The molecule has 376 valence electrons. The van der Waals surface area contributed by atoms with Crippen molar-refractivity contribution < 1.29 is 33.0 Å². The van der Waals surface area contributed by atoms with Gasteiger partial charge in [0.15, 0.2) is 5.82 Å². The van der Waals surface area contributed by atoms with E-state index in [0.717, 1.165) is 95.6 Å². The number of aromatic nitrogens is 3. The van der Waals surface area contributed by atoms with Gasteiger partial charge < -0.3 is 29.9 Å². The zero-order valence-corrected chi connectivity index (χ0v) is 40.8. The summed E-state index contributed by atoms with van der Waals surface area (Å²) < 4.78 is 38.8. The summed E-state index contributed by atoms with van der Waals surface area (Å²) in [7, 11) is 0. The third-order valence-corrected chi connectivity index (χ3v) is 17.7. The molecule has 0 radical (unpaired) electrons. The molecule has 7 fully saturated rings. The lowest BCUT2D eigenvalue weighted by atomic mass is 9.60. The zero-order chi connectivity index (χ0) is 49.9. The van der Waals surface area contributed by atoms with Gasteiger partial charge in [-0.05, 0) is 106 Å². The second-order valence-corrected chi connectivity index (χ2v) is 22.2. The predicted octanol–water partition coefficient (Wildman–Crippen LogP) is 6.21. The number of terminal acetylenes is 1. The fraction of sp³-hybridized carbons (Fsp3) is 0.464. The van der Waals surface area contributed by atoms with Crippen LogP contribution in [-0.2, 0) is 9.59 Å². The van der Waals surface area contributed by atoms with Crippen molar-refractivity contribution in [3.63, 3.8) is 0 Å². The molecule has 5 saturated heterocycles. The fourth-order valence-corrected chi connectivity index (χ4v) is 13.5. The van der Waals surface area contributed by atoms with Gasteiger partial charge in [0.05, 0.1) is 28.8 Å². The van der Waals surface area contributed by atoms with Gasteiger partial charge in [-0.3, -0.25) is 34.5 Å². The Bertz CT molecular complexity index is 3190. The van der Waals surface area contributed by atoms with Crippen LogP contribution < -0.4 is 25.2 Å². The van der Waals surface area contributed by atoms with Gasteiger partial charge in [-0.2, -0.15) is 9.97 Å². The van der Waals surface area contributed by atoms with Gasteiger partial charge in [-0.1, -0.05) is 30.7 Å². The summed E-state index contributed by atoms with van der Waals surface area (Å²) in [5.74, 6) is 0.512. The van der Waals surface area contributed by atoms with E-state index in [-0.39, 0.29) is 69.6 Å². The van der Waals surface area contributed by atoms with E-state index >= 15 is 8.78 Å². The number of amides is 3. The summed E-state index contributed by atoms with van der Waals surface area (Å²) in [5.41, 5.74) is 3.12. The molecule has 8 aliphatic rings. The highest BCUT2D eigenvalue weighted by molar-refractivity contribution is 6.15. The monoisotopic (exact) mass is 988 g/mol. The lowest BCUT2D eigenvalue weighted by Crippen LogP contribution is -2.59. The first-order valence-electron chi connectivity index (χ1n) is 26.0. The van der Waals surface area contributed by atoms with Gasteiger partial charge in [-0.15, -0.1) is 6.42 Å². The first kappa shape index (κ1) is 46.1. The van der Waals surface area contributed by atoms with E-state index in [9.17, 15) is 19.5 Å². The smallest absolute Gasteiger partial charge is 0.319 e. The molecule has 2 bridgehead atoms. The van der Waals surface area contributed by atoms with E-state index in [4.69, 9.17) is 21.1 Å². The summed E-state index contributed by atoms with van der Waals surface area (Å²) >= 11 is 0. The normalized spacial score (nSPS) is 24.8. The number of rotatable bonds is 10. The van der Waals surface area contributed by atoms with Crippen molar-refractivity contribution in [2.24, 2.45) is 10.8 Å². The van der Waals surface area contributed by atoms with Crippen LogP contribution in [0, 0.1) is 34.8 Å². The summed E-state index contributed by atoms with van der Waals surface area (Å²) in [6, 6.07) is 11.9. The third-order valence-electron chi connectivity index (χ3n) is 17.7. The number of likely N-dealkylation sites (tertiary alicyclic amines) is 1. The first-order valence-corrected chi connectivity index (χ1v) is 26.0. The fourth-order valence-electron chi connectivity index (χ4n) is 13.5. The molecule has 3 unspecified atom stereocenters. The highest BCUT2D eigenvalue weighted by atomic mass is 19.1. The molecule has 2 aliphatic carbocycles. The molecular weight excluding hydrogens is 931 g/mol. The number of aromatic hydroxyl groups is 1. The second kappa shape index (κ2) is 17.5. The Morgan fingerprint density at radius 3 is 2.40 bits per heavy atom. The number of piperazine rings is 2. The van der Waals surface area contributed by atoms with E-state index in [1.807, 2.05) is 18.2 Å². The Morgan fingerprint density at radius 2 is 1.67 bits per heavy atom. The van der Waals surface area contributed by atoms with Crippen LogP contribution in [-0.4, -0.2) is 142 Å². The van der Waals surface area contributed by atoms with E-state index in [1.54, 1.807) is 6.20 Å². The minimum absolute atomic E-state index is 0.0384. The molecule has 8 heterocycles. The molecule has 3 N–H and O–H groups in total. The molecule has 15 nitrogen and oxygen atoms in total. The minimum atomic E-state index is -0.746. The number of phenols is 1. The average Bonchev–Trinajstić information content (AvgIpc) is 4.00. The van der Waals surface area contributed by atoms with Gasteiger partial charge >= 0.3 is 6.01 Å². The first-order chi connectivity index (χ1) is 35.3. The number of nitrogens with zero attached hydrogens (tertiary/aromatic N) is 8. The molecule has 3 aromatic carbocycles. The largest absolute Gasteiger partial charge is 0.508 e. The minimum Gasteiger partial charge on any atom is -0.508 e. The number of fused-ring (bicyclic) bond motifs is 5. The van der Waals surface area contributed by atoms with Crippen molar-refractivity contribution >= 4 is 56.6 Å². The Morgan fingerprint density at radius 1 is 0.904 bits per heavy atom. The number of imide groups is 1. The lowest BCUT2D eigenvalue weighted by Gasteiger charge is -2.56. The van der Waals surface area contributed by atoms with Crippen LogP contribution in [0.2, 0.25) is 0 Å². The van der Waals surface area contributed by atoms with Gasteiger partial charge in [0, 0.05) is 104 Å². The van der Waals surface area contributed by atoms with E-state index < -0.39 is 23.6 Å². The maximum atomic E-state index is 17.2. The number of hydrogen-bond acceptors (Lipinski definition) is 13. The van der Waals surface area contributed by atoms with Crippen molar-refractivity contribution in [1.29, 1.82) is 0 Å². The number of carbonyl (C=O) groups is 3. The van der Waals surface area contributed by atoms with Crippen molar-refractivity contribution in [2.75, 3.05) is 75.3 Å². The van der Waals surface area contributed by atoms with E-state index in [0.29, 0.717) is 71.1 Å². The Balaban J connectivity index is 0.654. The van der Waals surface area contributed by atoms with Gasteiger partial charge in [0.1, 0.15) is 34.6 Å². The summed E-state index contributed by atoms with van der Waals surface area (Å²) in [5, 5.41) is 18.0. The average molecular weight is 989 g/mol. The van der Waals surface area contributed by atoms with Crippen molar-refractivity contribution in [2.45, 2.75) is 88.4 Å². The molecular formula is C56H58F2N10O5.